The van der Waals surface area contributed by atoms with Gasteiger partial charge in [-0.15, -0.1) is 0 Å². The molecule has 1 unspecified atom stereocenters. The Balaban J connectivity index is 1.67. The van der Waals surface area contributed by atoms with Gasteiger partial charge < -0.3 is 10.2 Å². The summed E-state index contributed by atoms with van der Waals surface area (Å²) in [5.41, 5.74) is 1.98. The summed E-state index contributed by atoms with van der Waals surface area (Å²) in [6.45, 7) is 3.19. The van der Waals surface area contributed by atoms with Crippen LogP contribution < -0.4 is 9.62 Å². The van der Waals surface area contributed by atoms with Crippen molar-refractivity contribution < 1.29 is 18.0 Å². The maximum absolute atomic E-state index is 14.1. The molecule has 0 saturated heterocycles. The number of halogens is 2. The molecule has 1 atom stereocenters. The third kappa shape index (κ3) is 8.11. The van der Waals surface area contributed by atoms with E-state index >= 15 is 0 Å². The third-order valence-electron chi connectivity index (χ3n) is 7.37. The minimum Gasteiger partial charge on any atom is -0.352 e. The number of hydrogen-bond acceptors (Lipinski definition) is 4. The van der Waals surface area contributed by atoms with Crippen LogP contribution >= 0.6 is 27.5 Å². The lowest BCUT2D eigenvalue weighted by molar-refractivity contribution is -0.139. The first-order valence-corrected chi connectivity index (χ1v) is 16.3. The fraction of sp³-hybridized carbons (Fsp3) is 0.355. The van der Waals surface area contributed by atoms with E-state index in [-0.39, 0.29) is 29.1 Å². The molecule has 1 N–H and O–H groups in total. The lowest BCUT2D eigenvalue weighted by Gasteiger charge is -2.33. The second kappa shape index (κ2) is 13.9. The van der Waals surface area contributed by atoms with Gasteiger partial charge in [0.1, 0.15) is 12.6 Å². The van der Waals surface area contributed by atoms with E-state index in [1.54, 1.807) is 37.3 Å². The summed E-state index contributed by atoms with van der Waals surface area (Å²) >= 11 is 9.67. The Morgan fingerprint density at radius 2 is 1.66 bits per heavy atom. The van der Waals surface area contributed by atoms with E-state index in [0.29, 0.717) is 5.02 Å². The van der Waals surface area contributed by atoms with E-state index in [0.717, 1.165) is 52.0 Å². The van der Waals surface area contributed by atoms with Crippen molar-refractivity contribution in [3.63, 3.8) is 0 Å². The maximum atomic E-state index is 14.1. The van der Waals surface area contributed by atoms with Crippen molar-refractivity contribution in [1.82, 2.24) is 10.2 Å². The molecule has 3 aromatic carbocycles. The number of rotatable bonds is 10. The zero-order valence-corrected chi connectivity index (χ0v) is 26.4. The van der Waals surface area contributed by atoms with E-state index in [9.17, 15) is 18.0 Å². The van der Waals surface area contributed by atoms with Crippen LogP contribution in [0.1, 0.15) is 50.2 Å². The zero-order chi connectivity index (χ0) is 29.6. The summed E-state index contributed by atoms with van der Waals surface area (Å²) < 4.78 is 29.8. The summed E-state index contributed by atoms with van der Waals surface area (Å²) in [7, 11) is -4.14. The van der Waals surface area contributed by atoms with E-state index < -0.39 is 28.5 Å². The molecule has 2 amide bonds. The normalized spacial score (nSPS) is 14.7. The topological polar surface area (TPSA) is 86.8 Å². The Bertz CT molecular complexity index is 1460. The average Bonchev–Trinajstić information content (AvgIpc) is 2.95. The number of amides is 2. The summed E-state index contributed by atoms with van der Waals surface area (Å²) in [6, 6.07) is 19.6. The smallest absolute Gasteiger partial charge is 0.264 e. The van der Waals surface area contributed by atoms with E-state index in [1.165, 1.54) is 23.1 Å². The summed E-state index contributed by atoms with van der Waals surface area (Å²) in [5.74, 6) is -0.757. The van der Waals surface area contributed by atoms with Gasteiger partial charge in [-0.1, -0.05) is 82.7 Å². The van der Waals surface area contributed by atoms with Crippen LogP contribution in [-0.4, -0.2) is 43.8 Å². The van der Waals surface area contributed by atoms with Crippen molar-refractivity contribution >= 4 is 55.1 Å². The van der Waals surface area contributed by atoms with Gasteiger partial charge in [0.15, 0.2) is 0 Å². The largest absolute Gasteiger partial charge is 0.352 e. The maximum Gasteiger partial charge on any atom is 0.264 e. The molecule has 0 aromatic heterocycles. The lowest BCUT2D eigenvalue weighted by atomic mass is 9.95. The molecule has 4 rings (SSSR count). The number of carbonyl (C=O) groups excluding carboxylic acids is 2. The molecule has 1 aliphatic carbocycles. The summed E-state index contributed by atoms with van der Waals surface area (Å²) in [4.78, 5) is 28.9. The van der Waals surface area contributed by atoms with Gasteiger partial charge in [0.2, 0.25) is 11.8 Å². The Hall–Kier alpha value is -2.88. The van der Waals surface area contributed by atoms with Crippen molar-refractivity contribution in [3.8, 4) is 0 Å². The molecule has 0 spiro atoms. The monoisotopic (exact) mass is 659 g/mol. The van der Waals surface area contributed by atoms with Crippen molar-refractivity contribution in [2.75, 3.05) is 10.8 Å². The van der Waals surface area contributed by atoms with Crippen LogP contribution in [0.25, 0.3) is 0 Å². The van der Waals surface area contributed by atoms with Gasteiger partial charge in [0.25, 0.3) is 10.0 Å². The molecule has 41 heavy (non-hydrogen) atoms. The fourth-order valence-corrected chi connectivity index (χ4v) is 6.79. The van der Waals surface area contributed by atoms with Crippen LogP contribution in [0.5, 0.6) is 0 Å². The number of hydrogen-bond donors (Lipinski definition) is 1. The third-order valence-corrected chi connectivity index (χ3v) is 9.92. The highest BCUT2D eigenvalue weighted by atomic mass is 79.9. The van der Waals surface area contributed by atoms with Crippen molar-refractivity contribution in [1.29, 1.82) is 0 Å². The molecule has 1 aliphatic rings. The highest BCUT2D eigenvalue weighted by molar-refractivity contribution is 9.10. The highest BCUT2D eigenvalue weighted by Crippen LogP contribution is 2.27. The van der Waals surface area contributed by atoms with Crippen LogP contribution in [0.4, 0.5) is 5.69 Å². The molecule has 0 bridgehead atoms. The fourth-order valence-electron chi connectivity index (χ4n) is 4.94. The highest BCUT2D eigenvalue weighted by Gasteiger charge is 2.33. The predicted molar refractivity (Wildman–Crippen MR) is 166 cm³/mol. The molecular weight excluding hydrogens is 626 g/mol. The van der Waals surface area contributed by atoms with Gasteiger partial charge in [-0.3, -0.25) is 13.9 Å². The molecule has 218 valence electrons. The van der Waals surface area contributed by atoms with Gasteiger partial charge in [-0.05, 0) is 74.7 Å². The molecule has 0 radical (unpaired) electrons. The zero-order valence-electron chi connectivity index (χ0n) is 23.2. The molecule has 3 aromatic rings. The number of nitrogens with zero attached hydrogens (tertiary/aromatic N) is 2. The first kappa shape index (κ1) is 31.1. The van der Waals surface area contributed by atoms with Crippen molar-refractivity contribution in [3.05, 3.63) is 93.4 Å². The van der Waals surface area contributed by atoms with Crippen LogP contribution in [0.2, 0.25) is 5.02 Å². The van der Waals surface area contributed by atoms with E-state index in [4.69, 9.17) is 11.6 Å². The second-order valence-corrected chi connectivity index (χ2v) is 13.7. The van der Waals surface area contributed by atoms with Gasteiger partial charge in [0, 0.05) is 22.1 Å². The van der Waals surface area contributed by atoms with Crippen LogP contribution in [0.3, 0.4) is 0 Å². The standard InChI is InChI=1S/C31H35BrClN3O4S/c1-22-11-17-29(18-12-22)41(39,40)36(28-10-6-7-26(33)19-28)21-30(37)35(20-24-13-15-25(32)16-14-24)23(2)31(38)34-27-8-4-3-5-9-27/h6-7,10-19,23,27H,3-5,8-9,20-21H2,1-2H3,(H,34,38). The van der Waals surface area contributed by atoms with Crippen molar-refractivity contribution in [2.24, 2.45) is 0 Å². The Morgan fingerprint density at radius 3 is 2.29 bits per heavy atom. The lowest BCUT2D eigenvalue weighted by Crippen LogP contribution is -2.53. The van der Waals surface area contributed by atoms with Crippen molar-refractivity contribution in [2.45, 2.75) is 69.5 Å². The van der Waals surface area contributed by atoms with Gasteiger partial charge >= 0.3 is 0 Å². The van der Waals surface area contributed by atoms with E-state index in [1.807, 2.05) is 31.2 Å². The first-order valence-electron chi connectivity index (χ1n) is 13.7. The molecule has 1 fully saturated rings. The second-order valence-electron chi connectivity index (χ2n) is 10.5. The molecule has 7 nitrogen and oxygen atoms in total. The number of carbonyl (C=O) groups is 2. The SMILES string of the molecule is Cc1ccc(S(=O)(=O)N(CC(=O)N(Cc2ccc(Br)cc2)C(C)C(=O)NC2CCCCC2)c2cccc(Cl)c2)cc1. The minimum atomic E-state index is -4.14. The Labute approximate surface area is 256 Å². The number of nitrogens with one attached hydrogen (secondary N) is 1. The number of anilines is 1. The predicted octanol–water partition coefficient (Wildman–Crippen LogP) is 6.47. The number of aryl methyl sites for hydroxylation is 1. The summed E-state index contributed by atoms with van der Waals surface area (Å²) in [5, 5.41) is 3.45. The minimum absolute atomic E-state index is 0.0541. The quantitative estimate of drug-likeness (QED) is 0.270. The van der Waals surface area contributed by atoms with Gasteiger partial charge in [0.05, 0.1) is 10.6 Å². The van der Waals surface area contributed by atoms with E-state index in [2.05, 4.69) is 21.2 Å². The molecule has 0 heterocycles. The Morgan fingerprint density at radius 1 is 1.00 bits per heavy atom. The molecule has 1 saturated carbocycles. The Kier molecular flexibility index (Phi) is 10.5. The van der Waals surface area contributed by atoms with Crippen LogP contribution in [0.15, 0.2) is 82.2 Å². The average molecular weight is 661 g/mol. The van der Waals surface area contributed by atoms with Crippen LogP contribution in [0, 0.1) is 6.92 Å². The van der Waals surface area contributed by atoms with Gasteiger partial charge in [-0.25, -0.2) is 8.42 Å². The number of benzene rings is 3. The summed E-state index contributed by atoms with van der Waals surface area (Å²) in [6.07, 6.45) is 5.11. The molecule has 0 aliphatic heterocycles. The molecule has 10 heteroatoms. The van der Waals surface area contributed by atoms with Gasteiger partial charge in [-0.2, -0.15) is 0 Å². The van der Waals surface area contributed by atoms with Crippen LogP contribution in [-0.2, 0) is 26.2 Å². The number of sulfonamides is 1. The molecular formula is C31H35BrClN3O4S. The first-order chi connectivity index (χ1) is 19.5.